The summed E-state index contributed by atoms with van der Waals surface area (Å²) in [4.78, 5) is 39.4. The first-order chi connectivity index (χ1) is 12.3. The van der Waals surface area contributed by atoms with Crippen LogP contribution in [0, 0.1) is 13.8 Å². The summed E-state index contributed by atoms with van der Waals surface area (Å²) in [5, 5.41) is 2.67. The van der Waals surface area contributed by atoms with Crippen molar-refractivity contribution in [3.8, 4) is 0 Å². The van der Waals surface area contributed by atoms with E-state index in [9.17, 15) is 14.4 Å². The Balaban J connectivity index is 2.09. The molecule has 138 valence electrons. The summed E-state index contributed by atoms with van der Waals surface area (Å²) in [6.45, 7) is 6.69. The number of para-hydroxylation sites is 1. The molecule has 0 spiro atoms. The van der Waals surface area contributed by atoms with Crippen LogP contribution in [0.25, 0.3) is 0 Å². The minimum atomic E-state index is -0.998. The van der Waals surface area contributed by atoms with Gasteiger partial charge in [-0.25, -0.2) is 9.59 Å². The van der Waals surface area contributed by atoms with Crippen LogP contribution >= 0.6 is 0 Å². The zero-order chi connectivity index (χ0) is 19.3. The number of esters is 2. The molecule has 0 radical (unpaired) electrons. The van der Waals surface area contributed by atoms with Gasteiger partial charge in [0.1, 0.15) is 5.69 Å². The lowest BCUT2D eigenvalue weighted by molar-refractivity contribution is -0.123. The Hall–Kier alpha value is -3.09. The minimum absolute atomic E-state index is 0.206. The predicted molar refractivity (Wildman–Crippen MR) is 96.2 cm³/mol. The molecule has 0 bridgehead atoms. The molecule has 0 fully saturated rings. The minimum Gasteiger partial charge on any atom is -0.461 e. The number of hydrogen-bond acceptors (Lipinski definition) is 5. The molecule has 0 aliphatic carbocycles. The first-order valence-electron chi connectivity index (χ1n) is 8.28. The quantitative estimate of drug-likeness (QED) is 0.774. The normalized spacial score (nSPS) is 11.5. The molecule has 1 heterocycles. The van der Waals surface area contributed by atoms with Crippen LogP contribution in [-0.2, 0) is 14.3 Å². The van der Waals surface area contributed by atoms with Crippen molar-refractivity contribution in [1.82, 2.24) is 4.98 Å². The molecule has 0 aliphatic heterocycles. The van der Waals surface area contributed by atoms with Gasteiger partial charge in [-0.1, -0.05) is 18.2 Å². The fourth-order valence-electron chi connectivity index (χ4n) is 2.50. The van der Waals surface area contributed by atoms with Crippen molar-refractivity contribution in [1.29, 1.82) is 0 Å². The highest BCUT2D eigenvalue weighted by Gasteiger charge is 2.26. The van der Waals surface area contributed by atoms with Crippen LogP contribution in [0.3, 0.4) is 0 Å². The number of rotatable bonds is 6. The Morgan fingerprint density at radius 2 is 1.77 bits per heavy atom. The van der Waals surface area contributed by atoms with Crippen molar-refractivity contribution >= 4 is 23.5 Å². The van der Waals surface area contributed by atoms with E-state index < -0.39 is 23.9 Å². The maximum absolute atomic E-state index is 12.5. The summed E-state index contributed by atoms with van der Waals surface area (Å²) in [6, 6.07) is 8.88. The smallest absolute Gasteiger partial charge is 0.355 e. The number of carbonyl (C=O) groups excluding carboxylic acids is 3. The summed E-state index contributed by atoms with van der Waals surface area (Å²) >= 11 is 0. The van der Waals surface area contributed by atoms with Crippen molar-refractivity contribution in [3.05, 3.63) is 52.8 Å². The molecule has 2 aromatic rings. The maximum Gasteiger partial charge on any atom is 0.355 e. The first-order valence-corrected chi connectivity index (χ1v) is 8.28. The third kappa shape index (κ3) is 4.30. The van der Waals surface area contributed by atoms with Gasteiger partial charge >= 0.3 is 11.9 Å². The van der Waals surface area contributed by atoms with Crippen molar-refractivity contribution in [2.24, 2.45) is 0 Å². The number of ether oxygens (including phenoxy) is 2. The van der Waals surface area contributed by atoms with Crippen LogP contribution in [0.4, 0.5) is 5.69 Å². The van der Waals surface area contributed by atoms with E-state index in [0.717, 1.165) is 0 Å². The highest BCUT2D eigenvalue weighted by atomic mass is 16.5. The summed E-state index contributed by atoms with van der Waals surface area (Å²) in [6.07, 6.45) is -0.998. The molecule has 2 rings (SSSR count). The fourth-order valence-corrected chi connectivity index (χ4v) is 2.50. The second-order valence-corrected chi connectivity index (χ2v) is 5.75. The molecule has 26 heavy (non-hydrogen) atoms. The Labute approximate surface area is 151 Å². The number of aryl methyl sites for hydroxylation is 1. The van der Waals surface area contributed by atoms with Crippen LogP contribution in [-0.4, -0.2) is 35.5 Å². The molecule has 1 atom stereocenters. The molecule has 1 unspecified atom stereocenters. The van der Waals surface area contributed by atoms with Gasteiger partial charge in [0, 0.05) is 11.4 Å². The van der Waals surface area contributed by atoms with Gasteiger partial charge in [0.25, 0.3) is 5.91 Å². The molecule has 0 aliphatic rings. The predicted octanol–water partition coefficient (Wildman–Crippen LogP) is 2.99. The zero-order valence-corrected chi connectivity index (χ0v) is 15.2. The SMILES string of the molecule is CCOC(=O)c1[nH]c(C)c(C(=O)OC(C)C(=O)Nc2ccccc2)c1C. The molecule has 2 N–H and O–H groups in total. The number of aromatic nitrogens is 1. The average molecular weight is 358 g/mol. The molecule has 0 saturated heterocycles. The number of carbonyl (C=O) groups is 3. The third-order valence-corrected chi connectivity index (χ3v) is 3.82. The van der Waals surface area contributed by atoms with Crippen molar-refractivity contribution < 1.29 is 23.9 Å². The Bertz CT molecular complexity index is 811. The molecule has 7 nitrogen and oxygen atoms in total. The highest BCUT2D eigenvalue weighted by molar-refractivity contribution is 6.01. The lowest BCUT2D eigenvalue weighted by Gasteiger charge is -2.14. The van der Waals surface area contributed by atoms with Gasteiger partial charge in [-0.05, 0) is 45.4 Å². The summed E-state index contributed by atoms with van der Waals surface area (Å²) in [5.41, 5.74) is 1.96. The third-order valence-electron chi connectivity index (χ3n) is 3.82. The number of aromatic amines is 1. The lowest BCUT2D eigenvalue weighted by atomic mass is 10.1. The Kier molecular flexibility index (Phi) is 6.16. The lowest BCUT2D eigenvalue weighted by Crippen LogP contribution is -2.30. The van der Waals surface area contributed by atoms with E-state index in [1.807, 2.05) is 6.07 Å². The summed E-state index contributed by atoms with van der Waals surface area (Å²) < 4.78 is 10.2. The Morgan fingerprint density at radius 1 is 1.12 bits per heavy atom. The van der Waals surface area contributed by atoms with Crippen LogP contribution in [0.1, 0.15) is 46.0 Å². The highest BCUT2D eigenvalue weighted by Crippen LogP contribution is 2.20. The molecular formula is C19H22N2O5. The summed E-state index contributed by atoms with van der Waals surface area (Å²) in [7, 11) is 0. The molecule has 1 aromatic heterocycles. The number of anilines is 1. The van der Waals surface area contributed by atoms with Gasteiger partial charge in [0.05, 0.1) is 12.2 Å². The molecule has 1 aromatic carbocycles. The standard InChI is InChI=1S/C19H22N2O5/c1-5-25-19(24)16-11(2)15(12(3)20-16)18(23)26-13(4)17(22)21-14-9-7-6-8-10-14/h6-10,13,20H,5H2,1-4H3,(H,21,22). The van der Waals surface area contributed by atoms with E-state index in [0.29, 0.717) is 16.9 Å². The van der Waals surface area contributed by atoms with Crippen LogP contribution in [0.5, 0.6) is 0 Å². The van der Waals surface area contributed by atoms with E-state index in [1.165, 1.54) is 6.92 Å². The number of hydrogen-bond donors (Lipinski definition) is 2. The van der Waals surface area contributed by atoms with Gasteiger partial charge in [0.2, 0.25) is 0 Å². The second-order valence-electron chi connectivity index (χ2n) is 5.75. The van der Waals surface area contributed by atoms with E-state index in [-0.39, 0.29) is 17.9 Å². The van der Waals surface area contributed by atoms with Gasteiger partial charge in [-0.15, -0.1) is 0 Å². The van der Waals surface area contributed by atoms with Gasteiger partial charge in [0.15, 0.2) is 6.10 Å². The van der Waals surface area contributed by atoms with Crippen molar-refractivity contribution in [3.63, 3.8) is 0 Å². The van der Waals surface area contributed by atoms with Crippen molar-refractivity contribution in [2.75, 3.05) is 11.9 Å². The van der Waals surface area contributed by atoms with E-state index in [1.54, 1.807) is 45.0 Å². The van der Waals surface area contributed by atoms with E-state index in [4.69, 9.17) is 9.47 Å². The molecular weight excluding hydrogens is 336 g/mol. The van der Waals surface area contributed by atoms with Crippen LogP contribution in [0.15, 0.2) is 30.3 Å². The van der Waals surface area contributed by atoms with Crippen LogP contribution in [0.2, 0.25) is 0 Å². The van der Waals surface area contributed by atoms with Crippen molar-refractivity contribution in [2.45, 2.75) is 33.8 Å². The average Bonchev–Trinajstić information content (AvgIpc) is 2.90. The number of nitrogens with one attached hydrogen (secondary N) is 2. The van der Waals surface area contributed by atoms with E-state index in [2.05, 4.69) is 10.3 Å². The largest absolute Gasteiger partial charge is 0.461 e. The zero-order valence-electron chi connectivity index (χ0n) is 15.2. The number of benzene rings is 1. The first kappa shape index (κ1) is 19.2. The number of H-pyrrole nitrogens is 1. The van der Waals surface area contributed by atoms with Gasteiger partial charge < -0.3 is 19.8 Å². The monoisotopic (exact) mass is 358 g/mol. The Morgan fingerprint density at radius 3 is 2.38 bits per heavy atom. The molecule has 1 amide bonds. The number of amides is 1. The van der Waals surface area contributed by atoms with Gasteiger partial charge in [-0.2, -0.15) is 0 Å². The maximum atomic E-state index is 12.5. The van der Waals surface area contributed by atoms with Gasteiger partial charge in [-0.3, -0.25) is 4.79 Å². The summed E-state index contributed by atoms with van der Waals surface area (Å²) in [5.74, 6) is -1.66. The van der Waals surface area contributed by atoms with E-state index >= 15 is 0 Å². The molecule has 7 heteroatoms. The molecule has 0 saturated carbocycles. The topological polar surface area (TPSA) is 97.5 Å². The van der Waals surface area contributed by atoms with Crippen LogP contribution < -0.4 is 5.32 Å². The second kappa shape index (κ2) is 8.33. The fraction of sp³-hybridized carbons (Fsp3) is 0.316.